The number of anilines is 1. The van der Waals surface area contributed by atoms with Crippen LogP contribution in [-0.2, 0) is 12.8 Å². The molecule has 1 aromatic carbocycles. The van der Waals surface area contributed by atoms with Crippen LogP contribution in [0.25, 0.3) is 10.2 Å². The molecule has 29 heavy (non-hydrogen) atoms. The molecule has 1 aliphatic carbocycles. The molecule has 0 aliphatic heterocycles. The van der Waals surface area contributed by atoms with Gasteiger partial charge >= 0.3 is 0 Å². The van der Waals surface area contributed by atoms with Gasteiger partial charge in [-0.3, -0.25) is 5.43 Å². The summed E-state index contributed by atoms with van der Waals surface area (Å²) < 4.78 is 0. The number of aryl methyl sites for hydroxylation is 2. The van der Waals surface area contributed by atoms with Gasteiger partial charge in [-0.15, -0.1) is 11.3 Å². The van der Waals surface area contributed by atoms with E-state index in [9.17, 15) is 0 Å². The van der Waals surface area contributed by atoms with Crippen molar-refractivity contribution in [3.8, 4) is 0 Å². The third kappa shape index (κ3) is 3.93. The second kappa shape index (κ2) is 7.86. The Labute approximate surface area is 177 Å². The van der Waals surface area contributed by atoms with Crippen LogP contribution in [0.15, 0.2) is 35.7 Å². The van der Waals surface area contributed by atoms with Crippen LogP contribution in [0.1, 0.15) is 62.1 Å². The number of fused-ring (bicyclic) bond motifs is 3. The van der Waals surface area contributed by atoms with Gasteiger partial charge in [0.05, 0.1) is 11.1 Å². The molecule has 4 nitrogen and oxygen atoms in total. The van der Waals surface area contributed by atoms with Crippen molar-refractivity contribution in [2.24, 2.45) is 16.4 Å². The summed E-state index contributed by atoms with van der Waals surface area (Å²) in [4.78, 5) is 11.7. The maximum Gasteiger partial charge on any atom is 0.158 e. The standard InChI is InChI=1S/C24H30N4S/c1-6-24(4,5)18-11-12-20-19(13-18)21-22(25-14-26-23(21)29-20)28-27-16(3)17-9-7-15(2)8-10-17/h7-10,14,18H,6,11-13H2,1-5H3,(H,25,26,28). The Kier molecular flexibility index (Phi) is 5.43. The summed E-state index contributed by atoms with van der Waals surface area (Å²) >= 11 is 1.83. The second-order valence-corrected chi connectivity index (χ2v) is 9.95. The third-order valence-electron chi connectivity index (χ3n) is 6.66. The smallest absolute Gasteiger partial charge is 0.158 e. The molecule has 2 aromatic heterocycles. The molecule has 0 saturated carbocycles. The van der Waals surface area contributed by atoms with Crippen molar-refractivity contribution in [3.05, 3.63) is 52.2 Å². The summed E-state index contributed by atoms with van der Waals surface area (Å²) in [5.74, 6) is 1.53. The summed E-state index contributed by atoms with van der Waals surface area (Å²) in [6, 6.07) is 8.44. The van der Waals surface area contributed by atoms with Crippen molar-refractivity contribution in [1.29, 1.82) is 0 Å². The monoisotopic (exact) mass is 406 g/mol. The zero-order valence-electron chi connectivity index (χ0n) is 18.0. The fourth-order valence-electron chi connectivity index (χ4n) is 4.14. The highest BCUT2D eigenvalue weighted by Gasteiger charge is 2.33. The van der Waals surface area contributed by atoms with Crippen molar-refractivity contribution in [1.82, 2.24) is 9.97 Å². The molecule has 5 heteroatoms. The van der Waals surface area contributed by atoms with Crippen LogP contribution in [0.5, 0.6) is 0 Å². The molecule has 2 heterocycles. The first-order valence-electron chi connectivity index (χ1n) is 10.5. The lowest BCUT2D eigenvalue weighted by atomic mass is 9.69. The lowest BCUT2D eigenvalue weighted by Gasteiger charge is -2.36. The van der Waals surface area contributed by atoms with Gasteiger partial charge in [0.1, 0.15) is 11.2 Å². The highest BCUT2D eigenvalue weighted by atomic mass is 32.1. The second-order valence-electron chi connectivity index (χ2n) is 8.86. The molecule has 3 aromatic rings. The van der Waals surface area contributed by atoms with Gasteiger partial charge in [-0.05, 0) is 55.6 Å². The normalized spacial score (nSPS) is 17.4. The Hall–Kier alpha value is -2.27. The molecule has 1 aliphatic rings. The Morgan fingerprint density at radius 1 is 1.24 bits per heavy atom. The van der Waals surface area contributed by atoms with Gasteiger partial charge in [0, 0.05) is 4.88 Å². The Balaban J connectivity index is 1.67. The van der Waals surface area contributed by atoms with Gasteiger partial charge in [0.25, 0.3) is 0 Å². The number of hydrazone groups is 1. The van der Waals surface area contributed by atoms with Crippen molar-refractivity contribution in [2.75, 3.05) is 5.43 Å². The third-order valence-corrected chi connectivity index (χ3v) is 7.86. The van der Waals surface area contributed by atoms with Crippen molar-refractivity contribution in [3.63, 3.8) is 0 Å². The van der Waals surface area contributed by atoms with E-state index in [-0.39, 0.29) is 0 Å². The fraction of sp³-hybridized carbons (Fsp3) is 0.458. The van der Waals surface area contributed by atoms with Crippen LogP contribution < -0.4 is 5.43 Å². The van der Waals surface area contributed by atoms with E-state index in [0.717, 1.165) is 34.8 Å². The van der Waals surface area contributed by atoms with E-state index in [0.29, 0.717) is 11.3 Å². The number of rotatable bonds is 5. The molecule has 0 amide bonds. The summed E-state index contributed by atoms with van der Waals surface area (Å²) in [5, 5.41) is 5.81. The van der Waals surface area contributed by atoms with E-state index in [1.807, 2.05) is 18.3 Å². The topological polar surface area (TPSA) is 50.2 Å². The van der Waals surface area contributed by atoms with Crippen LogP contribution in [0, 0.1) is 18.3 Å². The molecule has 0 fully saturated rings. The molecule has 0 bridgehead atoms. The Morgan fingerprint density at radius 2 is 2.00 bits per heavy atom. The minimum Gasteiger partial charge on any atom is -0.260 e. The molecule has 0 radical (unpaired) electrons. The molecular formula is C24H30N4S. The molecule has 4 rings (SSSR count). The summed E-state index contributed by atoms with van der Waals surface area (Å²) in [6.45, 7) is 11.2. The fourth-order valence-corrected chi connectivity index (χ4v) is 5.33. The zero-order chi connectivity index (χ0) is 20.6. The molecule has 1 N–H and O–H groups in total. The van der Waals surface area contributed by atoms with E-state index in [1.54, 1.807) is 6.33 Å². The maximum absolute atomic E-state index is 4.64. The number of hydrogen-bond donors (Lipinski definition) is 1. The number of thiophene rings is 1. The minimum absolute atomic E-state index is 0.357. The summed E-state index contributed by atoms with van der Waals surface area (Å²) in [6.07, 6.45) is 6.38. The molecule has 1 atom stereocenters. The van der Waals surface area contributed by atoms with Crippen LogP contribution in [0.3, 0.4) is 0 Å². The number of hydrogen-bond acceptors (Lipinski definition) is 5. The van der Waals surface area contributed by atoms with Crippen molar-refractivity contribution < 1.29 is 0 Å². The lowest BCUT2D eigenvalue weighted by molar-refractivity contribution is 0.184. The first-order chi connectivity index (χ1) is 13.9. The van der Waals surface area contributed by atoms with Crippen molar-refractivity contribution in [2.45, 2.75) is 60.3 Å². The molecule has 0 spiro atoms. The van der Waals surface area contributed by atoms with Gasteiger partial charge in [-0.25, -0.2) is 9.97 Å². The summed E-state index contributed by atoms with van der Waals surface area (Å²) in [5.41, 5.74) is 8.36. The molecule has 152 valence electrons. The van der Waals surface area contributed by atoms with Crippen LogP contribution in [0.2, 0.25) is 0 Å². The van der Waals surface area contributed by atoms with Gasteiger partial charge in [0.15, 0.2) is 5.82 Å². The molecule has 0 saturated heterocycles. The van der Waals surface area contributed by atoms with E-state index in [1.165, 1.54) is 34.2 Å². The highest BCUT2D eigenvalue weighted by Crippen LogP contribution is 2.45. The van der Waals surface area contributed by atoms with Gasteiger partial charge < -0.3 is 0 Å². The van der Waals surface area contributed by atoms with Gasteiger partial charge in [-0.2, -0.15) is 5.10 Å². The number of nitrogens with one attached hydrogen (secondary N) is 1. The van der Waals surface area contributed by atoms with E-state index in [4.69, 9.17) is 0 Å². The van der Waals surface area contributed by atoms with Gasteiger partial charge in [-0.1, -0.05) is 57.0 Å². The Morgan fingerprint density at radius 3 is 2.72 bits per heavy atom. The SMILES string of the molecule is CCC(C)(C)C1CCc2sc3ncnc(NN=C(C)c4ccc(C)cc4)c3c2C1. The molecule has 1 unspecified atom stereocenters. The number of nitrogens with zero attached hydrogens (tertiary/aromatic N) is 3. The number of aromatic nitrogens is 2. The van der Waals surface area contributed by atoms with E-state index in [2.05, 4.69) is 72.5 Å². The first kappa shape index (κ1) is 20.0. The van der Waals surface area contributed by atoms with Crippen LogP contribution in [-0.4, -0.2) is 15.7 Å². The van der Waals surface area contributed by atoms with Crippen LogP contribution in [0.4, 0.5) is 5.82 Å². The van der Waals surface area contributed by atoms with E-state index < -0.39 is 0 Å². The average Bonchev–Trinajstić information content (AvgIpc) is 3.11. The Bertz CT molecular complexity index is 1050. The molecular weight excluding hydrogens is 376 g/mol. The largest absolute Gasteiger partial charge is 0.260 e. The lowest BCUT2D eigenvalue weighted by Crippen LogP contribution is -2.28. The maximum atomic E-state index is 4.64. The first-order valence-corrected chi connectivity index (χ1v) is 11.3. The van der Waals surface area contributed by atoms with Gasteiger partial charge in [0.2, 0.25) is 0 Å². The predicted octanol–water partition coefficient (Wildman–Crippen LogP) is 6.38. The quantitative estimate of drug-likeness (QED) is 0.395. The summed E-state index contributed by atoms with van der Waals surface area (Å²) in [7, 11) is 0. The average molecular weight is 407 g/mol. The minimum atomic E-state index is 0.357. The van der Waals surface area contributed by atoms with Crippen LogP contribution >= 0.6 is 11.3 Å². The van der Waals surface area contributed by atoms with Crippen molar-refractivity contribution >= 4 is 33.1 Å². The zero-order valence-corrected chi connectivity index (χ0v) is 18.9. The predicted molar refractivity (Wildman–Crippen MR) is 124 cm³/mol. The van der Waals surface area contributed by atoms with E-state index >= 15 is 0 Å². The highest BCUT2D eigenvalue weighted by molar-refractivity contribution is 7.19. The number of benzene rings is 1.